The highest BCUT2D eigenvalue weighted by Crippen LogP contribution is 2.18. The molecule has 0 aliphatic rings. The van der Waals surface area contributed by atoms with Crippen LogP contribution in [0, 0.1) is 0 Å². The van der Waals surface area contributed by atoms with Gasteiger partial charge in [-0.3, -0.25) is 0 Å². The summed E-state index contributed by atoms with van der Waals surface area (Å²) < 4.78 is 10.8. The number of benzene rings is 1. The highest BCUT2D eigenvalue weighted by Gasteiger charge is 2.09. The molecule has 6 heteroatoms. The largest absolute Gasteiger partial charge is 0.493 e. The Labute approximate surface area is 121 Å². The maximum atomic E-state index is 5.63. The Bertz CT molecular complexity index is 712. The van der Waals surface area contributed by atoms with Crippen LogP contribution in [0.3, 0.4) is 0 Å². The van der Waals surface area contributed by atoms with E-state index in [1.807, 2.05) is 30.3 Å². The Kier molecular flexibility index (Phi) is 3.77. The molecule has 0 radical (unpaired) electrons. The molecule has 0 fully saturated rings. The predicted octanol–water partition coefficient (Wildman–Crippen LogP) is 2.34. The van der Waals surface area contributed by atoms with Gasteiger partial charge in [-0.1, -0.05) is 23.4 Å². The van der Waals surface area contributed by atoms with Gasteiger partial charge in [0, 0.05) is 18.2 Å². The van der Waals surface area contributed by atoms with Crippen LogP contribution in [-0.2, 0) is 6.42 Å². The number of para-hydroxylation sites is 1. The van der Waals surface area contributed by atoms with Crippen molar-refractivity contribution in [1.82, 2.24) is 15.1 Å². The number of hydrogen-bond acceptors (Lipinski definition) is 6. The van der Waals surface area contributed by atoms with Crippen LogP contribution in [0.1, 0.15) is 5.82 Å². The van der Waals surface area contributed by atoms with E-state index in [1.165, 1.54) is 0 Å². The number of pyridine rings is 1. The number of nitrogens with zero attached hydrogens (tertiary/aromatic N) is 3. The van der Waals surface area contributed by atoms with E-state index < -0.39 is 0 Å². The summed E-state index contributed by atoms with van der Waals surface area (Å²) >= 11 is 0. The number of ether oxygens (including phenoxy) is 1. The van der Waals surface area contributed by atoms with Gasteiger partial charge in [-0.2, -0.15) is 4.98 Å². The highest BCUT2D eigenvalue weighted by molar-refractivity contribution is 5.56. The summed E-state index contributed by atoms with van der Waals surface area (Å²) in [7, 11) is 0. The number of nitrogen functional groups attached to an aromatic ring is 1. The minimum atomic E-state index is 0.416. The second-order valence-electron chi connectivity index (χ2n) is 4.40. The smallest absolute Gasteiger partial charge is 0.258 e. The van der Waals surface area contributed by atoms with Gasteiger partial charge in [-0.15, -0.1) is 0 Å². The van der Waals surface area contributed by atoms with Gasteiger partial charge in [0.15, 0.2) is 5.82 Å². The van der Waals surface area contributed by atoms with Crippen molar-refractivity contribution >= 4 is 5.82 Å². The molecule has 0 unspecified atom stereocenters. The van der Waals surface area contributed by atoms with Gasteiger partial charge in [-0.05, 0) is 24.3 Å². The van der Waals surface area contributed by atoms with Crippen LogP contribution in [0.4, 0.5) is 5.82 Å². The quantitative estimate of drug-likeness (QED) is 0.772. The highest BCUT2D eigenvalue weighted by atomic mass is 16.5. The Morgan fingerprint density at radius 2 is 2.00 bits per heavy atom. The van der Waals surface area contributed by atoms with Crippen molar-refractivity contribution in [3.63, 3.8) is 0 Å². The molecule has 106 valence electrons. The van der Waals surface area contributed by atoms with Gasteiger partial charge in [0.1, 0.15) is 11.6 Å². The van der Waals surface area contributed by atoms with Gasteiger partial charge >= 0.3 is 0 Å². The van der Waals surface area contributed by atoms with Crippen LogP contribution >= 0.6 is 0 Å². The molecule has 1 aromatic carbocycles. The summed E-state index contributed by atoms with van der Waals surface area (Å²) in [5.41, 5.74) is 6.38. The first-order valence-corrected chi connectivity index (χ1v) is 6.53. The standard InChI is InChI=1S/C15H14N4O2/c16-13-10-11(6-8-17-13)15-18-14(19-21-15)7-9-20-12-4-2-1-3-5-12/h1-6,8,10H,7,9H2,(H2,16,17). The van der Waals surface area contributed by atoms with Gasteiger partial charge in [-0.25, -0.2) is 4.98 Å². The summed E-state index contributed by atoms with van der Waals surface area (Å²) in [6.07, 6.45) is 2.17. The van der Waals surface area contributed by atoms with Gasteiger partial charge in [0.2, 0.25) is 0 Å². The average molecular weight is 282 g/mol. The van der Waals surface area contributed by atoms with Crippen molar-refractivity contribution in [2.45, 2.75) is 6.42 Å². The van der Waals surface area contributed by atoms with E-state index >= 15 is 0 Å². The summed E-state index contributed by atoms with van der Waals surface area (Å²) in [6, 6.07) is 13.1. The van der Waals surface area contributed by atoms with Gasteiger partial charge in [0.05, 0.1) is 6.61 Å². The maximum Gasteiger partial charge on any atom is 0.258 e. The third kappa shape index (κ3) is 3.36. The Balaban J connectivity index is 1.60. The first kappa shape index (κ1) is 13.1. The number of anilines is 1. The van der Waals surface area contributed by atoms with E-state index in [1.54, 1.807) is 18.3 Å². The number of rotatable bonds is 5. The minimum absolute atomic E-state index is 0.416. The molecule has 2 heterocycles. The lowest BCUT2D eigenvalue weighted by atomic mass is 10.2. The lowest BCUT2D eigenvalue weighted by molar-refractivity contribution is 0.315. The first-order chi connectivity index (χ1) is 10.3. The zero-order valence-electron chi connectivity index (χ0n) is 11.3. The lowest BCUT2D eigenvalue weighted by Gasteiger charge is -2.02. The molecule has 0 saturated heterocycles. The summed E-state index contributed by atoms with van der Waals surface area (Å²) in [5, 5.41) is 3.93. The van der Waals surface area contributed by atoms with Crippen molar-refractivity contribution in [1.29, 1.82) is 0 Å². The summed E-state index contributed by atoms with van der Waals surface area (Å²) in [5.74, 6) is 2.26. The van der Waals surface area contributed by atoms with Crippen molar-refractivity contribution in [3.8, 4) is 17.2 Å². The monoisotopic (exact) mass is 282 g/mol. The van der Waals surface area contributed by atoms with Crippen LogP contribution < -0.4 is 10.5 Å². The van der Waals surface area contributed by atoms with Crippen molar-refractivity contribution in [3.05, 3.63) is 54.5 Å². The zero-order valence-corrected chi connectivity index (χ0v) is 11.3. The predicted molar refractivity (Wildman–Crippen MR) is 77.6 cm³/mol. The third-order valence-corrected chi connectivity index (χ3v) is 2.83. The molecule has 3 aromatic rings. The fourth-order valence-electron chi connectivity index (χ4n) is 1.83. The second kappa shape index (κ2) is 6.04. The van der Waals surface area contributed by atoms with E-state index in [0.717, 1.165) is 11.3 Å². The van der Waals surface area contributed by atoms with E-state index in [4.69, 9.17) is 15.0 Å². The van der Waals surface area contributed by atoms with Gasteiger partial charge in [0.25, 0.3) is 5.89 Å². The van der Waals surface area contributed by atoms with Crippen LogP contribution in [0.25, 0.3) is 11.5 Å². The molecule has 2 N–H and O–H groups in total. The van der Waals surface area contributed by atoms with E-state index in [0.29, 0.717) is 30.6 Å². The average Bonchev–Trinajstić information content (AvgIpc) is 2.97. The molecule has 0 bridgehead atoms. The van der Waals surface area contributed by atoms with Crippen molar-refractivity contribution in [2.24, 2.45) is 0 Å². The first-order valence-electron chi connectivity index (χ1n) is 6.53. The summed E-state index contributed by atoms with van der Waals surface area (Å²) in [6.45, 7) is 0.488. The molecule has 3 rings (SSSR count). The lowest BCUT2D eigenvalue weighted by Crippen LogP contribution is -2.02. The van der Waals surface area contributed by atoms with Crippen molar-refractivity contribution < 1.29 is 9.26 Å². The van der Waals surface area contributed by atoms with Crippen molar-refractivity contribution in [2.75, 3.05) is 12.3 Å². The molecular formula is C15H14N4O2. The third-order valence-electron chi connectivity index (χ3n) is 2.83. The SMILES string of the molecule is Nc1cc(-c2nc(CCOc3ccccc3)no2)ccn1. The number of aromatic nitrogens is 3. The maximum absolute atomic E-state index is 5.63. The number of hydrogen-bond donors (Lipinski definition) is 1. The zero-order chi connectivity index (χ0) is 14.5. The van der Waals surface area contributed by atoms with Crippen LogP contribution in [0.15, 0.2) is 53.2 Å². The summed E-state index contributed by atoms with van der Waals surface area (Å²) in [4.78, 5) is 8.23. The Morgan fingerprint density at radius 3 is 2.81 bits per heavy atom. The van der Waals surface area contributed by atoms with E-state index in [9.17, 15) is 0 Å². The second-order valence-corrected chi connectivity index (χ2v) is 4.40. The van der Waals surface area contributed by atoms with E-state index in [-0.39, 0.29) is 0 Å². The Hall–Kier alpha value is -2.89. The molecule has 2 aromatic heterocycles. The van der Waals surface area contributed by atoms with Crippen LogP contribution in [0.5, 0.6) is 5.75 Å². The molecular weight excluding hydrogens is 268 g/mol. The molecule has 0 spiro atoms. The number of nitrogens with two attached hydrogens (primary N) is 1. The van der Waals surface area contributed by atoms with Crippen LogP contribution in [-0.4, -0.2) is 21.7 Å². The van der Waals surface area contributed by atoms with Crippen LogP contribution in [0.2, 0.25) is 0 Å². The fourth-order valence-corrected chi connectivity index (χ4v) is 1.83. The molecule has 21 heavy (non-hydrogen) atoms. The van der Waals surface area contributed by atoms with E-state index in [2.05, 4.69) is 15.1 Å². The normalized spacial score (nSPS) is 10.5. The molecule has 0 amide bonds. The fraction of sp³-hybridized carbons (Fsp3) is 0.133. The van der Waals surface area contributed by atoms with Gasteiger partial charge < -0.3 is 15.0 Å². The minimum Gasteiger partial charge on any atom is -0.493 e. The molecule has 0 saturated carbocycles. The topological polar surface area (TPSA) is 87.1 Å². The molecule has 0 aliphatic heterocycles. The molecule has 6 nitrogen and oxygen atoms in total. The molecule has 0 aliphatic carbocycles. The molecule has 0 atom stereocenters. The Morgan fingerprint density at radius 1 is 1.14 bits per heavy atom.